The molecular formula is C20H20N3O3+. The van der Waals surface area contributed by atoms with Crippen LogP contribution in [0.5, 0.6) is 0 Å². The number of carbonyl (C=O) groups excluding carboxylic acids is 1. The zero-order valence-corrected chi connectivity index (χ0v) is 14.6. The van der Waals surface area contributed by atoms with Gasteiger partial charge in [0.25, 0.3) is 11.7 Å². The fourth-order valence-electron chi connectivity index (χ4n) is 3.33. The van der Waals surface area contributed by atoms with Crippen LogP contribution in [0.2, 0.25) is 0 Å². The van der Waals surface area contributed by atoms with E-state index >= 15 is 0 Å². The maximum Gasteiger partial charge on any atom is 0.287 e. The molecule has 0 fully saturated rings. The fraction of sp³-hybridized carbons (Fsp3) is 0.200. The van der Waals surface area contributed by atoms with Gasteiger partial charge in [-0.1, -0.05) is 36.4 Å². The van der Waals surface area contributed by atoms with Crippen molar-refractivity contribution in [3.05, 3.63) is 66.2 Å². The van der Waals surface area contributed by atoms with E-state index in [0.29, 0.717) is 11.4 Å². The monoisotopic (exact) mass is 350 g/mol. The third kappa shape index (κ3) is 2.69. The highest BCUT2D eigenvalue weighted by molar-refractivity contribution is 6.12. The molecule has 0 saturated heterocycles. The van der Waals surface area contributed by atoms with Gasteiger partial charge in [0.1, 0.15) is 11.1 Å². The van der Waals surface area contributed by atoms with E-state index in [1.807, 2.05) is 60.7 Å². The van der Waals surface area contributed by atoms with Gasteiger partial charge in [0, 0.05) is 25.3 Å². The lowest BCUT2D eigenvalue weighted by molar-refractivity contribution is -0.328. The van der Waals surface area contributed by atoms with E-state index in [1.165, 1.54) is 0 Å². The lowest BCUT2D eigenvalue weighted by Crippen LogP contribution is -2.57. The quantitative estimate of drug-likeness (QED) is 0.735. The fourth-order valence-corrected chi connectivity index (χ4v) is 3.33. The molecule has 2 aromatic carbocycles. The first kappa shape index (κ1) is 16.5. The van der Waals surface area contributed by atoms with E-state index in [-0.39, 0.29) is 5.91 Å². The second-order valence-corrected chi connectivity index (χ2v) is 6.08. The van der Waals surface area contributed by atoms with Gasteiger partial charge in [-0.2, -0.15) is 0 Å². The van der Waals surface area contributed by atoms with Crippen LogP contribution in [0.15, 0.2) is 60.7 Å². The van der Waals surface area contributed by atoms with Gasteiger partial charge in [0.15, 0.2) is 0 Å². The van der Waals surface area contributed by atoms with Crippen molar-refractivity contribution < 1.29 is 19.3 Å². The number of ether oxygens (including phenoxy) is 2. The van der Waals surface area contributed by atoms with Crippen molar-refractivity contribution in [1.82, 2.24) is 0 Å². The number of H-pyrrole nitrogens is 1. The molecular weight excluding hydrogens is 330 g/mol. The van der Waals surface area contributed by atoms with Crippen LogP contribution in [0.1, 0.15) is 10.4 Å². The molecule has 1 amide bonds. The molecule has 26 heavy (non-hydrogen) atoms. The number of para-hydroxylation sites is 2. The largest absolute Gasteiger partial charge is 0.350 e. The molecule has 2 N–H and O–H groups in total. The third-order valence-electron chi connectivity index (χ3n) is 4.57. The summed E-state index contributed by atoms with van der Waals surface area (Å²) in [6.45, 7) is 0. The minimum absolute atomic E-state index is 0.115. The number of methoxy groups -OCH3 is 2. The van der Waals surface area contributed by atoms with Gasteiger partial charge in [-0.25, -0.2) is 10.3 Å². The van der Waals surface area contributed by atoms with Crippen LogP contribution in [-0.4, -0.2) is 32.6 Å². The van der Waals surface area contributed by atoms with Crippen LogP contribution < -0.4 is 15.2 Å². The summed E-state index contributed by atoms with van der Waals surface area (Å²) in [6, 6.07) is 19.3. The van der Waals surface area contributed by atoms with Gasteiger partial charge >= 0.3 is 0 Å². The smallest absolute Gasteiger partial charge is 0.287 e. The number of benzene rings is 2. The van der Waals surface area contributed by atoms with Crippen LogP contribution in [0, 0.1) is 0 Å². The summed E-state index contributed by atoms with van der Waals surface area (Å²) in [5, 5.41) is 4.34. The Morgan fingerprint density at radius 3 is 2.46 bits per heavy atom. The standard InChI is InChI=1S/C20H19N3O3/c1-25-20(26-2)18-22-17-15(12-13-8-6-7-11-16(13)21-17)19(24)23(18)14-9-4-3-5-10-14/h3-12,18,20H,1-2H3,(H,21,22)/p+1/t18-/m0/s1. The number of pyridine rings is 1. The van der Waals surface area contributed by atoms with Crippen molar-refractivity contribution in [3.63, 3.8) is 0 Å². The van der Waals surface area contributed by atoms with Gasteiger partial charge in [-0.15, -0.1) is 0 Å². The SMILES string of the molecule is COC(OC)[C@H]1Nc2[nH+]c3ccccc3cc2C(=O)N1c1ccccc1. The Bertz CT molecular complexity index is 941. The van der Waals surface area contributed by atoms with Crippen LogP contribution in [-0.2, 0) is 9.47 Å². The predicted octanol–water partition coefficient (Wildman–Crippen LogP) is 2.67. The van der Waals surface area contributed by atoms with Crippen molar-refractivity contribution in [2.75, 3.05) is 24.4 Å². The van der Waals surface area contributed by atoms with Crippen LogP contribution in [0.25, 0.3) is 10.9 Å². The molecule has 1 atom stereocenters. The molecule has 1 aromatic heterocycles. The number of hydrogen-bond donors (Lipinski definition) is 1. The molecule has 0 bridgehead atoms. The molecule has 6 heteroatoms. The summed E-state index contributed by atoms with van der Waals surface area (Å²) in [7, 11) is 3.12. The Balaban J connectivity index is 1.87. The maximum absolute atomic E-state index is 13.4. The number of aromatic amines is 1. The lowest BCUT2D eigenvalue weighted by Gasteiger charge is -2.36. The summed E-state index contributed by atoms with van der Waals surface area (Å²) in [5.41, 5.74) is 2.30. The molecule has 3 aromatic rings. The van der Waals surface area contributed by atoms with Gasteiger partial charge in [-0.3, -0.25) is 9.69 Å². The second-order valence-electron chi connectivity index (χ2n) is 6.08. The number of fused-ring (bicyclic) bond motifs is 2. The number of amides is 1. The first-order valence-electron chi connectivity index (χ1n) is 8.38. The number of nitrogens with zero attached hydrogens (tertiary/aromatic N) is 1. The maximum atomic E-state index is 13.4. The van der Waals surface area contributed by atoms with Crippen molar-refractivity contribution >= 4 is 28.3 Å². The summed E-state index contributed by atoms with van der Waals surface area (Å²) in [6.07, 6.45) is -1.14. The van der Waals surface area contributed by atoms with E-state index < -0.39 is 12.5 Å². The Morgan fingerprint density at radius 1 is 1.04 bits per heavy atom. The van der Waals surface area contributed by atoms with Crippen molar-refractivity contribution in [2.45, 2.75) is 12.5 Å². The molecule has 2 heterocycles. The van der Waals surface area contributed by atoms with Gasteiger partial charge in [0.2, 0.25) is 12.5 Å². The van der Waals surface area contributed by atoms with Crippen LogP contribution in [0.3, 0.4) is 0 Å². The topological polar surface area (TPSA) is 64.9 Å². The number of nitrogens with one attached hydrogen (secondary N) is 2. The Labute approximate surface area is 151 Å². The van der Waals surface area contributed by atoms with Crippen LogP contribution >= 0.6 is 0 Å². The number of anilines is 2. The number of carbonyl (C=O) groups is 1. The third-order valence-corrected chi connectivity index (χ3v) is 4.57. The molecule has 1 aliphatic rings. The van der Waals surface area contributed by atoms with E-state index in [2.05, 4.69) is 10.3 Å². The predicted molar refractivity (Wildman–Crippen MR) is 99.0 cm³/mol. The van der Waals surface area contributed by atoms with E-state index in [1.54, 1.807) is 19.1 Å². The molecule has 132 valence electrons. The van der Waals surface area contributed by atoms with Gasteiger partial charge in [0.05, 0.1) is 0 Å². The highest BCUT2D eigenvalue weighted by Gasteiger charge is 2.43. The Hall–Kier alpha value is -2.96. The molecule has 0 saturated carbocycles. The molecule has 1 aliphatic heterocycles. The average molecular weight is 350 g/mol. The summed E-state index contributed by atoms with van der Waals surface area (Å²) < 4.78 is 10.9. The first-order chi connectivity index (χ1) is 12.7. The zero-order valence-electron chi connectivity index (χ0n) is 14.6. The minimum atomic E-state index is -0.632. The summed E-state index contributed by atoms with van der Waals surface area (Å²) >= 11 is 0. The molecule has 4 rings (SSSR count). The van der Waals surface area contributed by atoms with Gasteiger partial charge in [-0.05, 0) is 24.3 Å². The van der Waals surface area contributed by atoms with Crippen LogP contribution in [0.4, 0.5) is 11.5 Å². The average Bonchev–Trinajstić information content (AvgIpc) is 2.68. The van der Waals surface area contributed by atoms with E-state index in [0.717, 1.165) is 16.6 Å². The van der Waals surface area contributed by atoms with Crippen molar-refractivity contribution in [1.29, 1.82) is 0 Å². The first-order valence-corrected chi connectivity index (χ1v) is 8.38. The summed E-state index contributed by atoms with van der Waals surface area (Å²) in [5.74, 6) is 0.543. The Morgan fingerprint density at radius 2 is 1.73 bits per heavy atom. The molecule has 6 nitrogen and oxygen atoms in total. The molecule has 0 spiro atoms. The summed E-state index contributed by atoms with van der Waals surface area (Å²) in [4.78, 5) is 18.3. The van der Waals surface area contributed by atoms with Crippen molar-refractivity contribution in [3.8, 4) is 0 Å². The van der Waals surface area contributed by atoms with Gasteiger partial charge < -0.3 is 9.47 Å². The normalized spacial score (nSPS) is 16.7. The lowest BCUT2D eigenvalue weighted by atomic mass is 10.1. The van der Waals surface area contributed by atoms with E-state index in [9.17, 15) is 4.79 Å². The zero-order chi connectivity index (χ0) is 18.1. The number of rotatable bonds is 4. The number of hydrogen-bond acceptors (Lipinski definition) is 4. The number of aromatic nitrogens is 1. The molecule has 0 aliphatic carbocycles. The Kier molecular flexibility index (Phi) is 4.28. The minimum Gasteiger partial charge on any atom is -0.350 e. The highest BCUT2D eigenvalue weighted by Crippen LogP contribution is 2.30. The molecule has 0 unspecified atom stereocenters. The second kappa shape index (κ2) is 6.74. The molecule has 0 radical (unpaired) electrons. The highest BCUT2D eigenvalue weighted by atomic mass is 16.7. The van der Waals surface area contributed by atoms with E-state index in [4.69, 9.17) is 9.47 Å². The van der Waals surface area contributed by atoms with Crippen molar-refractivity contribution in [2.24, 2.45) is 0 Å².